The topological polar surface area (TPSA) is 125 Å². The molecule has 4 aromatic rings. The SMILES string of the molecule is O=C(Cn1nc(COc2ccccc2)oc1=S)Nc1nc(-c2cccc([N+](=O)[O-])c2)cs1. The Morgan fingerprint density at radius 2 is 2.06 bits per heavy atom. The summed E-state index contributed by atoms with van der Waals surface area (Å²) in [6.07, 6.45) is 0. The van der Waals surface area contributed by atoms with Gasteiger partial charge < -0.3 is 14.5 Å². The molecular formula is C20H15N5O5S2. The van der Waals surface area contributed by atoms with Crippen molar-refractivity contribution in [3.05, 3.63) is 80.8 Å². The Balaban J connectivity index is 1.37. The second-order valence-corrected chi connectivity index (χ2v) is 7.62. The molecule has 0 saturated carbocycles. The monoisotopic (exact) mass is 469 g/mol. The summed E-state index contributed by atoms with van der Waals surface area (Å²) >= 11 is 6.32. The molecule has 10 nitrogen and oxygen atoms in total. The fourth-order valence-electron chi connectivity index (χ4n) is 2.71. The van der Waals surface area contributed by atoms with Crippen LogP contribution in [0.3, 0.4) is 0 Å². The summed E-state index contributed by atoms with van der Waals surface area (Å²) in [6, 6.07) is 15.3. The van der Waals surface area contributed by atoms with E-state index in [1.165, 1.54) is 28.2 Å². The minimum Gasteiger partial charge on any atom is -0.484 e. The van der Waals surface area contributed by atoms with Gasteiger partial charge in [-0.15, -0.1) is 16.4 Å². The highest BCUT2D eigenvalue weighted by Gasteiger charge is 2.14. The number of carbonyl (C=O) groups excluding carboxylic acids is 1. The minimum absolute atomic E-state index is 0.0338. The van der Waals surface area contributed by atoms with Crippen LogP contribution in [0, 0.1) is 15.0 Å². The minimum atomic E-state index is -0.473. The van der Waals surface area contributed by atoms with E-state index >= 15 is 0 Å². The number of rotatable bonds is 8. The number of aromatic nitrogens is 3. The van der Waals surface area contributed by atoms with Gasteiger partial charge in [0.15, 0.2) is 11.7 Å². The number of hydrogen-bond acceptors (Lipinski definition) is 9. The molecule has 0 fully saturated rings. The molecule has 0 bridgehead atoms. The smallest absolute Gasteiger partial charge is 0.287 e. The van der Waals surface area contributed by atoms with Gasteiger partial charge in [0, 0.05) is 23.1 Å². The highest BCUT2D eigenvalue weighted by atomic mass is 32.1. The Bertz CT molecular complexity index is 1320. The molecule has 0 spiro atoms. The molecule has 0 radical (unpaired) electrons. The lowest BCUT2D eigenvalue weighted by molar-refractivity contribution is -0.384. The first-order valence-corrected chi connectivity index (χ1v) is 10.5. The zero-order chi connectivity index (χ0) is 22.5. The maximum Gasteiger partial charge on any atom is 0.287 e. The van der Waals surface area contributed by atoms with Crippen molar-refractivity contribution in [2.24, 2.45) is 0 Å². The molecule has 0 saturated heterocycles. The number of ether oxygens (including phenoxy) is 1. The van der Waals surface area contributed by atoms with E-state index in [4.69, 9.17) is 21.4 Å². The number of para-hydroxylation sites is 1. The zero-order valence-corrected chi connectivity index (χ0v) is 18.0. The number of benzene rings is 2. The van der Waals surface area contributed by atoms with Crippen LogP contribution in [0.5, 0.6) is 5.75 Å². The van der Waals surface area contributed by atoms with Crippen molar-refractivity contribution in [1.29, 1.82) is 0 Å². The largest absolute Gasteiger partial charge is 0.484 e. The number of anilines is 1. The van der Waals surface area contributed by atoms with Crippen molar-refractivity contribution in [1.82, 2.24) is 14.8 Å². The fraction of sp³-hybridized carbons (Fsp3) is 0.100. The summed E-state index contributed by atoms with van der Waals surface area (Å²) in [7, 11) is 0. The second-order valence-electron chi connectivity index (χ2n) is 6.41. The molecule has 12 heteroatoms. The van der Waals surface area contributed by atoms with E-state index in [1.54, 1.807) is 29.6 Å². The van der Waals surface area contributed by atoms with Gasteiger partial charge in [0.25, 0.3) is 16.4 Å². The van der Waals surface area contributed by atoms with E-state index in [2.05, 4.69) is 15.4 Å². The first-order valence-electron chi connectivity index (χ1n) is 9.23. The van der Waals surface area contributed by atoms with Crippen LogP contribution in [0.4, 0.5) is 10.8 Å². The van der Waals surface area contributed by atoms with E-state index in [0.717, 1.165) is 0 Å². The molecule has 0 unspecified atom stereocenters. The van der Waals surface area contributed by atoms with Gasteiger partial charge >= 0.3 is 0 Å². The number of nitrogens with one attached hydrogen (secondary N) is 1. The predicted octanol–water partition coefficient (Wildman–Crippen LogP) is 4.45. The molecule has 0 aliphatic rings. The summed E-state index contributed by atoms with van der Waals surface area (Å²) in [5.74, 6) is 0.503. The van der Waals surface area contributed by atoms with Crippen LogP contribution < -0.4 is 10.1 Å². The van der Waals surface area contributed by atoms with Crippen molar-refractivity contribution in [3.63, 3.8) is 0 Å². The number of nitro benzene ring substituents is 1. The first kappa shape index (κ1) is 21.3. The molecule has 1 amide bonds. The summed E-state index contributed by atoms with van der Waals surface area (Å²) in [4.78, 5) is 27.2. The highest BCUT2D eigenvalue weighted by molar-refractivity contribution is 7.71. The van der Waals surface area contributed by atoms with Gasteiger partial charge in [-0.1, -0.05) is 30.3 Å². The molecule has 162 valence electrons. The molecule has 0 aliphatic carbocycles. The number of nitro groups is 1. The van der Waals surface area contributed by atoms with Crippen LogP contribution in [-0.2, 0) is 17.9 Å². The Kier molecular flexibility index (Phi) is 6.33. The zero-order valence-electron chi connectivity index (χ0n) is 16.3. The number of amides is 1. The van der Waals surface area contributed by atoms with Gasteiger partial charge in [-0.25, -0.2) is 9.67 Å². The van der Waals surface area contributed by atoms with Crippen molar-refractivity contribution >= 4 is 40.3 Å². The lowest BCUT2D eigenvalue weighted by Crippen LogP contribution is -2.19. The lowest BCUT2D eigenvalue weighted by Gasteiger charge is -2.02. The van der Waals surface area contributed by atoms with Crippen LogP contribution >= 0.6 is 23.6 Å². The number of hydrogen-bond donors (Lipinski definition) is 1. The third kappa shape index (κ3) is 5.22. The number of nitrogens with zero attached hydrogens (tertiary/aromatic N) is 4. The molecular weight excluding hydrogens is 454 g/mol. The molecule has 32 heavy (non-hydrogen) atoms. The summed E-state index contributed by atoms with van der Waals surface area (Å²) in [6.45, 7) is -0.0965. The molecule has 1 N–H and O–H groups in total. The summed E-state index contributed by atoms with van der Waals surface area (Å²) in [5.41, 5.74) is 1.07. The van der Waals surface area contributed by atoms with Gasteiger partial charge in [0.2, 0.25) is 5.91 Å². The quantitative estimate of drug-likeness (QED) is 0.228. The van der Waals surface area contributed by atoms with Crippen LogP contribution in [0.15, 0.2) is 64.4 Å². The lowest BCUT2D eigenvalue weighted by atomic mass is 10.1. The second kappa shape index (κ2) is 9.49. The molecule has 0 aliphatic heterocycles. The van der Waals surface area contributed by atoms with Crippen LogP contribution in [0.2, 0.25) is 0 Å². The standard InChI is InChI=1S/C20H15N5O5S2/c26-17(10-24-20(31)30-18(23-24)11-29-15-7-2-1-3-8-15)22-19-21-16(12-32-19)13-5-4-6-14(9-13)25(27)28/h1-9,12H,10-11H2,(H,21,22,26). The van der Waals surface area contributed by atoms with E-state index in [0.29, 0.717) is 22.1 Å². The van der Waals surface area contributed by atoms with Gasteiger partial charge in [0.1, 0.15) is 12.3 Å². The Labute approximate surface area is 190 Å². The van der Waals surface area contributed by atoms with E-state index in [1.807, 2.05) is 18.2 Å². The third-order valence-electron chi connectivity index (χ3n) is 4.15. The molecule has 2 aromatic carbocycles. The Morgan fingerprint density at radius 3 is 2.84 bits per heavy atom. The van der Waals surface area contributed by atoms with Crippen molar-refractivity contribution in [3.8, 4) is 17.0 Å². The van der Waals surface area contributed by atoms with Crippen LogP contribution in [-0.4, -0.2) is 25.6 Å². The van der Waals surface area contributed by atoms with Gasteiger partial charge in [-0.05, 0) is 24.4 Å². The van der Waals surface area contributed by atoms with E-state index in [9.17, 15) is 14.9 Å². The van der Waals surface area contributed by atoms with Gasteiger partial charge in [-0.3, -0.25) is 14.9 Å². The highest BCUT2D eigenvalue weighted by Crippen LogP contribution is 2.27. The van der Waals surface area contributed by atoms with Crippen molar-refractivity contribution < 1.29 is 18.9 Å². The fourth-order valence-corrected chi connectivity index (χ4v) is 3.64. The number of carbonyl (C=O) groups is 1. The predicted molar refractivity (Wildman–Crippen MR) is 119 cm³/mol. The molecule has 2 aromatic heterocycles. The molecule has 4 rings (SSSR count). The van der Waals surface area contributed by atoms with E-state index < -0.39 is 10.8 Å². The number of non-ortho nitro benzene ring substituents is 1. The average molecular weight is 470 g/mol. The Morgan fingerprint density at radius 1 is 1.25 bits per heavy atom. The average Bonchev–Trinajstić information content (AvgIpc) is 3.39. The van der Waals surface area contributed by atoms with Gasteiger partial charge in [0.05, 0.1) is 10.6 Å². The summed E-state index contributed by atoms with van der Waals surface area (Å²) in [5, 5.41) is 19.8. The van der Waals surface area contributed by atoms with Gasteiger partial charge in [-0.2, -0.15) is 0 Å². The molecule has 2 heterocycles. The Hall–Kier alpha value is -3.90. The van der Waals surface area contributed by atoms with Crippen molar-refractivity contribution in [2.75, 3.05) is 5.32 Å². The maximum absolute atomic E-state index is 12.4. The normalized spacial score (nSPS) is 10.6. The van der Waals surface area contributed by atoms with E-state index in [-0.39, 0.29) is 29.6 Å². The number of thiazole rings is 1. The molecule has 0 atom stereocenters. The van der Waals surface area contributed by atoms with Crippen LogP contribution in [0.25, 0.3) is 11.3 Å². The van der Waals surface area contributed by atoms with Crippen molar-refractivity contribution in [2.45, 2.75) is 13.2 Å². The third-order valence-corrected chi connectivity index (χ3v) is 5.20. The first-order chi connectivity index (χ1) is 15.5. The summed E-state index contributed by atoms with van der Waals surface area (Å²) < 4.78 is 12.2. The van der Waals surface area contributed by atoms with Crippen LogP contribution in [0.1, 0.15) is 5.89 Å². The maximum atomic E-state index is 12.4.